The molecule has 0 spiro atoms. The van der Waals surface area contributed by atoms with Gasteiger partial charge in [-0.05, 0) is 220 Å². The molecule has 2 aliphatic carbocycles. The van der Waals surface area contributed by atoms with E-state index in [1.54, 1.807) is 0 Å². The molecule has 2 aliphatic rings. The van der Waals surface area contributed by atoms with Crippen molar-refractivity contribution in [3.8, 4) is 111 Å². The van der Waals surface area contributed by atoms with Gasteiger partial charge in [0.25, 0.3) is 0 Å². The first-order valence-electron chi connectivity index (χ1n) is 27.6. The average Bonchev–Trinajstić information content (AvgIpc) is 4.08. The van der Waals surface area contributed by atoms with Crippen LogP contribution in [0.25, 0.3) is 111 Å². The summed E-state index contributed by atoms with van der Waals surface area (Å²) < 4.78 is 0. The van der Waals surface area contributed by atoms with Gasteiger partial charge in [-0.2, -0.15) is 0 Å². The van der Waals surface area contributed by atoms with Gasteiger partial charge in [0.15, 0.2) is 0 Å². The van der Waals surface area contributed by atoms with Crippen molar-refractivity contribution in [2.45, 2.75) is 64.2 Å². The van der Waals surface area contributed by atoms with Crippen molar-refractivity contribution in [3.63, 3.8) is 0 Å². The van der Waals surface area contributed by atoms with Crippen LogP contribution in [0.3, 0.4) is 0 Å². The van der Waals surface area contributed by atoms with Crippen molar-refractivity contribution in [2.24, 2.45) is 0 Å². The highest BCUT2D eigenvalue weighted by atomic mass is 14.5. The summed E-state index contributed by atoms with van der Waals surface area (Å²) in [4.78, 5) is 0. The molecular weight excluding hydrogens is 913 g/mol. The molecule has 11 aromatic carbocycles. The molecule has 0 unspecified atom stereocenters. The lowest BCUT2D eigenvalue weighted by Crippen LogP contribution is -2.24. The molecule has 0 fully saturated rings. The molecule has 0 aromatic heterocycles. The lowest BCUT2D eigenvalue weighted by Gasteiger charge is -2.32. The van der Waals surface area contributed by atoms with Gasteiger partial charge in [-0.25, -0.2) is 0 Å². The van der Waals surface area contributed by atoms with Crippen molar-refractivity contribution in [1.82, 2.24) is 0 Å². The molecule has 0 heteroatoms. The number of hydrogen-bond donors (Lipinski definition) is 0. The molecular formula is C76H62. The standard InChI is InChI=1S/C76H62/c1-5-75(6-2)71-47-59(55-29-33-57(34-30-55)65-43-61(51-21-13-9-14-22-51)41-62(44-65)52-23-15-10-16-24-52)37-39-67(71)69-50-74-70(49-73(69)75)68-40-38-60(48-72(68)76(74,7-3)8-4)56-31-35-58(36-32-56)66-45-63(53-25-17-11-18-26-53)42-64(46-66)54-27-19-12-20-28-54/h9-50H,5-8H2,1-4H3. The summed E-state index contributed by atoms with van der Waals surface area (Å²) in [6.45, 7) is 9.61. The van der Waals surface area contributed by atoms with Gasteiger partial charge in [0.05, 0.1) is 0 Å². The summed E-state index contributed by atoms with van der Waals surface area (Å²) in [6.07, 6.45) is 4.19. The Bertz CT molecular complexity index is 3530. The summed E-state index contributed by atoms with van der Waals surface area (Å²) in [5.41, 5.74) is 31.2. The van der Waals surface area contributed by atoms with Gasteiger partial charge in [-0.3, -0.25) is 0 Å². The van der Waals surface area contributed by atoms with E-state index < -0.39 is 0 Å². The van der Waals surface area contributed by atoms with E-state index in [4.69, 9.17) is 0 Å². The largest absolute Gasteiger partial charge is 0.0642 e. The lowest BCUT2D eigenvalue weighted by molar-refractivity contribution is 0.485. The van der Waals surface area contributed by atoms with E-state index in [0.29, 0.717) is 0 Å². The molecule has 11 aromatic rings. The van der Waals surface area contributed by atoms with Gasteiger partial charge in [-0.15, -0.1) is 0 Å². The van der Waals surface area contributed by atoms with E-state index in [0.717, 1.165) is 25.7 Å². The molecule has 0 atom stereocenters. The van der Waals surface area contributed by atoms with E-state index in [2.05, 4.69) is 282 Å². The van der Waals surface area contributed by atoms with Crippen molar-refractivity contribution in [1.29, 1.82) is 0 Å². The topological polar surface area (TPSA) is 0 Å². The Kier molecular flexibility index (Phi) is 12.0. The third-order valence-electron chi connectivity index (χ3n) is 17.7. The number of rotatable bonds is 12. The number of hydrogen-bond acceptors (Lipinski definition) is 0. The maximum absolute atomic E-state index is 2.63. The van der Waals surface area contributed by atoms with Crippen LogP contribution >= 0.6 is 0 Å². The van der Waals surface area contributed by atoms with E-state index in [1.165, 1.54) is 134 Å². The Morgan fingerprint density at radius 3 is 0.645 bits per heavy atom. The van der Waals surface area contributed by atoms with Gasteiger partial charge in [0.1, 0.15) is 0 Å². The minimum Gasteiger partial charge on any atom is -0.0642 e. The van der Waals surface area contributed by atoms with Crippen LogP contribution in [0.4, 0.5) is 0 Å². The van der Waals surface area contributed by atoms with Crippen molar-refractivity contribution >= 4 is 0 Å². The summed E-state index contributed by atoms with van der Waals surface area (Å²) in [7, 11) is 0. The van der Waals surface area contributed by atoms with Crippen LogP contribution in [0.2, 0.25) is 0 Å². The van der Waals surface area contributed by atoms with Gasteiger partial charge >= 0.3 is 0 Å². The van der Waals surface area contributed by atoms with Crippen LogP contribution in [-0.2, 0) is 10.8 Å². The maximum atomic E-state index is 2.63. The second-order valence-electron chi connectivity index (χ2n) is 21.3. The maximum Gasteiger partial charge on any atom is 0.0210 e. The number of fused-ring (bicyclic) bond motifs is 6. The normalized spacial score (nSPS) is 13.4. The fourth-order valence-electron chi connectivity index (χ4n) is 13.3. The summed E-state index contributed by atoms with van der Waals surface area (Å²) in [6, 6.07) is 95.5. The van der Waals surface area contributed by atoms with E-state index in [9.17, 15) is 0 Å². The van der Waals surface area contributed by atoms with Crippen LogP contribution in [0.15, 0.2) is 255 Å². The minimum atomic E-state index is -0.0740. The molecule has 0 saturated heterocycles. The first kappa shape index (κ1) is 47.2. The van der Waals surface area contributed by atoms with Crippen LogP contribution in [0.1, 0.15) is 75.6 Å². The fraction of sp³-hybridized carbons (Fsp3) is 0.132. The van der Waals surface area contributed by atoms with Crippen LogP contribution in [0, 0.1) is 0 Å². The molecule has 0 heterocycles. The predicted molar refractivity (Wildman–Crippen MR) is 324 cm³/mol. The fourth-order valence-corrected chi connectivity index (χ4v) is 13.3. The summed E-state index contributed by atoms with van der Waals surface area (Å²) >= 11 is 0. The predicted octanol–water partition coefficient (Wildman–Crippen LogP) is 21.2. The molecule has 0 bridgehead atoms. The molecule has 0 nitrogen and oxygen atoms in total. The molecule has 0 saturated carbocycles. The molecule has 76 heavy (non-hydrogen) atoms. The highest BCUT2D eigenvalue weighted by molar-refractivity contribution is 5.93. The van der Waals surface area contributed by atoms with Crippen molar-refractivity contribution in [2.75, 3.05) is 0 Å². The van der Waals surface area contributed by atoms with Gasteiger partial charge in [0.2, 0.25) is 0 Å². The Morgan fingerprint density at radius 2 is 0.395 bits per heavy atom. The van der Waals surface area contributed by atoms with E-state index >= 15 is 0 Å². The first-order valence-corrected chi connectivity index (χ1v) is 27.6. The highest BCUT2D eigenvalue weighted by Gasteiger charge is 2.46. The van der Waals surface area contributed by atoms with E-state index in [-0.39, 0.29) is 10.8 Å². The van der Waals surface area contributed by atoms with Crippen LogP contribution < -0.4 is 0 Å². The third-order valence-corrected chi connectivity index (χ3v) is 17.7. The average molecular weight is 975 g/mol. The zero-order valence-corrected chi connectivity index (χ0v) is 44.1. The highest BCUT2D eigenvalue weighted by Crippen LogP contribution is 2.60. The van der Waals surface area contributed by atoms with Crippen molar-refractivity contribution < 1.29 is 0 Å². The third kappa shape index (κ3) is 7.90. The first-order chi connectivity index (χ1) is 37.4. The van der Waals surface area contributed by atoms with Crippen molar-refractivity contribution in [3.05, 3.63) is 277 Å². The zero-order valence-electron chi connectivity index (χ0n) is 44.1. The molecule has 0 N–H and O–H groups in total. The van der Waals surface area contributed by atoms with Crippen LogP contribution in [-0.4, -0.2) is 0 Å². The quantitative estimate of drug-likeness (QED) is 0.114. The SMILES string of the molecule is CCC1(CC)c2cc(-c3ccc(-c4cc(-c5ccccc5)cc(-c5ccccc5)c4)cc3)ccc2-c2cc3c(cc21)-c1ccc(-c2ccc(-c4cc(-c5ccccc5)cc(-c5ccccc5)c4)cc2)cc1C3(CC)CC. The smallest absolute Gasteiger partial charge is 0.0210 e. The second kappa shape index (κ2) is 19.3. The molecule has 0 amide bonds. The Labute approximate surface area is 450 Å². The van der Waals surface area contributed by atoms with Gasteiger partial charge in [0, 0.05) is 10.8 Å². The second-order valence-corrected chi connectivity index (χ2v) is 21.3. The molecule has 366 valence electrons. The van der Waals surface area contributed by atoms with Crippen LogP contribution in [0.5, 0.6) is 0 Å². The molecule has 0 radical (unpaired) electrons. The Balaban J connectivity index is 0.828. The van der Waals surface area contributed by atoms with Gasteiger partial charge in [-0.1, -0.05) is 222 Å². The Morgan fingerprint density at radius 1 is 0.184 bits per heavy atom. The summed E-state index contributed by atoms with van der Waals surface area (Å²) in [5, 5.41) is 0. The summed E-state index contributed by atoms with van der Waals surface area (Å²) in [5.74, 6) is 0. The molecule has 0 aliphatic heterocycles. The lowest BCUT2D eigenvalue weighted by atomic mass is 9.71. The monoisotopic (exact) mass is 974 g/mol. The number of benzene rings is 11. The Hall–Kier alpha value is -8.58. The minimum absolute atomic E-state index is 0.0740. The van der Waals surface area contributed by atoms with Gasteiger partial charge < -0.3 is 0 Å². The zero-order chi connectivity index (χ0) is 51.4. The van der Waals surface area contributed by atoms with E-state index in [1.807, 2.05) is 0 Å². The molecule has 13 rings (SSSR count).